The Bertz CT molecular complexity index is 844. The van der Waals surface area contributed by atoms with E-state index in [1.165, 1.54) is 15.5 Å². The topological polar surface area (TPSA) is 172 Å². The van der Waals surface area contributed by atoms with Gasteiger partial charge in [0.25, 0.3) is 5.56 Å². The largest absolute Gasteiger partial charge is 0.394 e. The number of nitrogens with zero attached hydrogens (tertiary/aromatic N) is 3. The van der Waals surface area contributed by atoms with Crippen molar-refractivity contribution in [2.75, 3.05) is 39.0 Å². The van der Waals surface area contributed by atoms with Gasteiger partial charge in [-0.3, -0.25) is 19.4 Å². The number of H-pyrrole nitrogens is 1. The number of carbonyl (C=O) groups excluding carboxylic acids is 2. The standard InChI is InChI=1S/C15H23N7O4/c1-18-3-5-22(10(8-23)11(24)6-16)12(25)7-21-4-2-9-13(21)19-15(17)20-14(9)26/h2,4,10,18,23H,3,5-8,16H2,1H3,(H3,17,19,20,26). The summed E-state index contributed by atoms with van der Waals surface area (Å²) in [7, 11) is 1.71. The highest BCUT2D eigenvalue weighted by Gasteiger charge is 2.28. The zero-order valence-electron chi connectivity index (χ0n) is 14.4. The Morgan fingerprint density at radius 3 is 2.85 bits per heavy atom. The number of aromatic amines is 1. The van der Waals surface area contributed by atoms with Gasteiger partial charge in [-0.1, -0.05) is 0 Å². The summed E-state index contributed by atoms with van der Waals surface area (Å²) in [6.45, 7) is -0.340. The van der Waals surface area contributed by atoms with Crippen LogP contribution in [0.15, 0.2) is 17.1 Å². The SMILES string of the molecule is CNCCN(C(=O)Cn1ccc2c(=O)[nH]c(N)nc21)C(CO)C(=O)CN. The van der Waals surface area contributed by atoms with Crippen LogP contribution >= 0.6 is 0 Å². The first-order valence-electron chi connectivity index (χ1n) is 8.05. The van der Waals surface area contributed by atoms with E-state index in [4.69, 9.17) is 11.5 Å². The third-order valence-corrected chi connectivity index (χ3v) is 4.00. The number of rotatable bonds is 9. The van der Waals surface area contributed by atoms with Gasteiger partial charge in [-0.25, -0.2) is 0 Å². The van der Waals surface area contributed by atoms with E-state index in [1.54, 1.807) is 13.2 Å². The predicted molar refractivity (Wildman–Crippen MR) is 95.3 cm³/mol. The summed E-state index contributed by atoms with van der Waals surface area (Å²) in [6, 6.07) is 0.504. The summed E-state index contributed by atoms with van der Waals surface area (Å²) in [5, 5.41) is 12.7. The average molecular weight is 365 g/mol. The second kappa shape index (κ2) is 8.56. The fourth-order valence-electron chi connectivity index (χ4n) is 2.65. The molecule has 0 aromatic carbocycles. The van der Waals surface area contributed by atoms with Crippen LogP contribution in [0.2, 0.25) is 0 Å². The number of amides is 1. The van der Waals surface area contributed by atoms with Crippen LogP contribution in [0, 0.1) is 0 Å². The number of carbonyl (C=O) groups is 2. The van der Waals surface area contributed by atoms with Crippen LogP contribution in [0.3, 0.4) is 0 Å². The van der Waals surface area contributed by atoms with Crippen molar-refractivity contribution < 1.29 is 14.7 Å². The number of hydrogen-bond acceptors (Lipinski definition) is 8. The van der Waals surface area contributed by atoms with E-state index in [-0.39, 0.29) is 31.2 Å². The van der Waals surface area contributed by atoms with Gasteiger partial charge in [0.2, 0.25) is 11.9 Å². The van der Waals surface area contributed by atoms with Gasteiger partial charge in [0.1, 0.15) is 18.2 Å². The lowest BCUT2D eigenvalue weighted by Crippen LogP contribution is -2.52. The minimum atomic E-state index is -1.02. The molecule has 7 N–H and O–H groups in total. The quantitative estimate of drug-likeness (QED) is 0.318. The molecule has 0 saturated carbocycles. The first-order chi connectivity index (χ1) is 12.4. The average Bonchev–Trinajstić information content (AvgIpc) is 3.00. The number of nitrogen functional groups attached to an aromatic ring is 1. The zero-order valence-corrected chi connectivity index (χ0v) is 14.4. The Labute approximate surface area is 149 Å². The highest BCUT2D eigenvalue weighted by atomic mass is 16.3. The number of likely N-dealkylation sites (N-methyl/N-ethyl adjacent to an activating group) is 1. The number of fused-ring (bicyclic) bond motifs is 1. The molecule has 2 rings (SSSR count). The molecule has 0 aliphatic carbocycles. The molecule has 142 valence electrons. The Morgan fingerprint density at radius 2 is 2.23 bits per heavy atom. The minimum Gasteiger partial charge on any atom is -0.394 e. The summed E-state index contributed by atoms with van der Waals surface area (Å²) >= 11 is 0. The predicted octanol–water partition coefficient (Wildman–Crippen LogP) is -2.76. The summed E-state index contributed by atoms with van der Waals surface area (Å²) < 4.78 is 1.47. The molecule has 1 unspecified atom stereocenters. The van der Waals surface area contributed by atoms with E-state index in [1.807, 2.05) is 0 Å². The van der Waals surface area contributed by atoms with Gasteiger partial charge in [-0.05, 0) is 13.1 Å². The van der Waals surface area contributed by atoms with E-state index in [9.17, 15) is 19.5 Å². The van der Waals surface area contributed by atoms with Crippen molar-refractivity contribution in [3.63, 3.8) is 0 Å². The fraction of sp³-hybridized carbons (Fsp3) is 0.467. The molecule has 26 heavy (non-hydrogen) atoms. The van der Waals surface area contributed by atoms with E-state index < -0.39 is 29.9 Å². The minimum absolute atomic E-state index is 0.0616. The molecular weight excluding hydrogens is 342 g/mol. The number of Topliss-reactive ketones (excluding diaryl/α,β-unsaturated/α-hetero) is 1. The Hall–Kier alpha value is -2.76. The molecule has 0 saturated heterocycles. The van der Waals surface area contributed by atoms with Crippen LogP contribution < -0.4 is 22.3 Å². The maximum atomic E-state index is 12.8. The molecule has 11 nitrogen and oxygen atoms in total. The van der Waals surface area contributed by atoms with Gasteiger partial charge >= 0.3 is 0 Å². The normalized spacial score (nSPS) is 12.3. The number of nitrogens with two attached hydrogens (primary N) is 2. The number of anilines is 1. The van der Waals surface area contributed by atoms with Crippen molar-refractivity contribution in [1.29, 1.82) is 0 Å². The van der Waals surface area contributed by atoms with Crippen molar-refractivity contribution >= 4 is 28.7 Å². The van der Waals surface area contributed by atoms with Crippen LogP contribution in [0.5, 0.6) is 0 Å². The summed E-state index contributed by atoms with van der Waals surface area (Å²) in [5.74, 6) is -0.916. The number of aliphatic hydroxyl groups is 1. The van der Waals surface area contributed by atoms with Crippen LogP contribution in [0.4, 0.5) is 5.95 Å². The highest BCUT2D eigenvalue weighted by Crippen LogP contribution is 2.11. The Morgan fingerprint density at radius 1 is 1.50 bits per heavy atom. The van der Waals surface area contributed by atoms with E-state index in [0.29, 0.717) is 11.9 Å². The molecule has 0 aliphatic rings. The smallest absolute Gasteiger partial charge is 0.261 e. The van der Waals surface area contributed by atoms with Crippen LogP contribution in [0.25, 0.3) is 11.0 Å². The molecule has 1 amide bonds. The lowest BCUT2D eigenvalue weighted by Gasteiger charge is -2.29. The van der Waals surface area contributed by atoms with Gasteiger partial charge in [0, 0.05) is 19.3 Å². The van der Waals surface area contributed by atoms with Gasteiger partial charge in [-0.15, -0.1) is 0 Å². The molecule has 0 fully saturated rings. The van der Waals surface area contributed by atoms with Crippen LogP contribution in [-0.4, -0.2) is 75.6 Å². The molecule has 2 heterocycles. The van der Waals surface area contributed by atoms with Gasteiger partial charge in [0.15, 0.2) is 5.78 Å². The first-order valence-corrected chi connectivity index (χ1v) is 8.05. The van der Waals surface area contributed by atoms with Crippen molar-refractivity contribution in [2.45, 2.75) is 12.6 Å². The molecule has 2 aromatic rings. The number of nitrogens with one attached hydrogen (secondary N) is 2. The molecule has 11 heteroatoms. The van der Waals surface area contributed by atoms with Gasteiger partial charge < -0.3 is 31.4 Å². The van der Waals surface area contributed by atoms with Crippen LogP contribution in [0.1, 0.15) is 0 Å². The molecule has 0 radical (unpaired) electrons. The Kier molecular flexibility index (Phi) is 6.44. The van der Waals surface area contributed by atoms with E-state index in [2.05, 4.69) is 15.3 Å². The molecular formula is C15H23N7O4. The van der Waals surface area contributed by atoms with E-state index >= 15 is 0 Å². The molecule has 1 atom stereocenters. The third kappa shape index (κ3) is 4.07. The molecule has 0 bridgehead atoms. The number of ketones is 1. The monoisotopic (exact) mass is 365 g/mol. The van der Waals surface area contributed by atoms with Crippen LogP contribution in [-0.2, 0) is 16.1 Å². The second-order valence-corrected chi connectivity index (χ2v) is 5.69. The zero-order chi connectivity index (χ0) is 19.3. The fourth-order valence-corrected chi connectivity index (χ4v) is 2.65. The van der Waals surface area contributed by atoms with Gasteiger partial charge in [0.05, 0.1) is 18.5 Å². The number of hydrogen-bond donors (Lipinski definition) is 5. The third-order valence-electron chi connectivity index (χ3n) is 4.00. The number of aliphatic hydroxyl groups excluding tert-OH is 1. The van der Waals surface area contributed by atoms with E-state index in [0.717, 1.165) is 0 Å². The van der Waals surface area contributed by atoms with Crippen molar-refractivity contribution in [1.82, 2.24) is 24.8 Å². The van der Waals surface area contributed by atoms with Crippen molar-refractivity contribution in [3.05, 3.63) is 22.6 Å². The summed E-state index contributed by atoms with van der Waals surface area (Å²) in [4.78, 5) is 44.3. The summed E-state index contributed by atoms with van der Waals surface area (Å²) in [5.41, 5.74) is 10.8. The summed E-state index contributed by atoms with van der Waals surface area (Å²) in [6.07, 6.45) is 1.54. The first kappa shape index (κ1) is 19.6. The maximum Gasteiger partial charge on any atom is 0.261 e. The maximum absolute atomic E-state index is 12.8. The molecule has 2 aromatic heterocycles. The van der Waals surface area contributed by atoms with Gasteiger partial charge in [-0.2, -0.15) is 4.98 Å². The highest BCUT2D eigenvalue weighted by molar-refractivity contribution is 5.90. The van der Waals surface area contributed by atoms with Crippen molar-refractivity contribution in [2.24, 2.45) is 5.73 Å². The Balaban J connectivity index is 2.31. The van der Waals surface area contributed by atoms with Crippen molar-refractivity contribution in [3.8, 4) is 0 Å². The lowest BCUT2D eigenvalue weighted by molar-refractivity contribution is -0.141. The molecule has 0 spiro atoms. The number of aromatic nitrogens is 3. The lowest BCUT2D eigenvalue weighted by atomic mass is 10.1. The molecule has 0 aliphatic heterocycles. The second-order valence-electron chi connectivity index (χ2n) is 5.69.